The number of amides is 3. The fourth-order valence-corrected chi connectivity index (χ4v) is 4.81. The van der Waals surface area contributed by atoms with Gasteiger partial charge in [-0.15, -0.1) is 0 Å². The molecule has 0 bridgehead atoms. The molecule has 0 fully saturated rings. The molecule has 6 rings (SSSR count). The molecule has 0 saturated carbocycles. The van der Waals surface area contributed by atoms with Gasteiger partial charge in [0.2, 0.25) is 22.0 Å². The van der Waals surface area contributed by atoms with E-state index < -0.39 is 11.8 Å². The maximum Gasteiger partial charge on any atom is 0.261 e. The number of nitrogen functional groups attached to an aromatic ring is 1. The molecule has 51 heavy (non-hydrogen) atoms. The summed E-state index contributed by atoms with van der Waals surface area (Å²) >= 11 is 4.64. The van der Waals surface area contributed by atoms with Crippen LogP contribution in [0.1, 0.15) is 45.7 Å². The van der Waals surface area contributed by atoms with Crippen molar-refractivity contribution < 1.29 is 19.2 Å². The fourth-order valence-electron chi connectivity index (χ4n) is 4.81. The fraction of sp³-hybridized carbons (Fsp3) is 0.105. The van der Waals surface area contributed by atoms with E-state index in [2.05, 4.69) is 37.5 Å². The van der Waals surface area contributed by atoms with Crippen molar-refractivity contribution in [1.29, 1.82) is 0 Å². The number of para-hydroxylation sites is 2. The van der Waals surface area contributed by atoms with Gasteiger partial charge in [-0.25, -0.2) is 0 Å². The zero-order valence-electron chi connectivity index (χ0n) is 28.1. The number of anilines is 4. The number of hydrogen-bond acceptors (Lipinski definition) is 7. The van der Waals surface area contributed by atoms with Crippen LogP contribution in [0.15, 0.2) is 107 Å². The lowest BCUT2D eigenvalue weighted by atomic mass is 10.1. The summed E-state index contributed by atoms with van der Waals surface area (Å²) in [5.41, 5.74) is 10.7. The number of carbonyl (C=O) groups is 4. The lowest BCUT2D eigenvalue weighted by molar-refractivity contribution is -0.114. The molecule has 0 radical (unpaired) electrons. The number of nitrogens with two attached hydrogens (primary N) is 1. The molecule has 260 valence electrons. The number of pyridine rings is 2. The highest BCUT2D eigenvalue weighted by molar-refractivity contribution is 6.62. The van der Waals surface area contributed by atoms with Gasteiger partial charge in [-0.05, 0) is 85.1 Å². The Bertz CT molecular complexity index is 2400. The summed E-state index contributed by atoms with van der Waals surface area (Å²) in [4.78, 5) is 76.0. The van der Waals surface area contributed by atoms with Crippen LogP contribution in [-0.2, 0) is 9.59 Å². The highest BCUT2D eigenvalue weighted by Crippen LogP contribution is 2.21. The molecule has 13 heteroatoms. The third-order valence-corrected chi connectivity index (χ3v) is 7.41. The average Bonchev–Trinajstić information content (AvgIpc) is 3.08. The first-order valence-electron chi connectivity index (χ1n) is 15.5. The number of rotatable bonds is 5. The minimum Gasteiger partial charge on any atom is -0.398 e. The van der Waals surface area contributed by atoms with Gasteiger partial charge in [0.1, 0.15) is 11.1 Å². The van der Waals surface area contributed by atoms with Crippen LogP contribution in [0.25, 0.3) is 21.8 Å². The molecule has 2 heterocycles. The van der Waals surface area contributed by atoms with Crippen LogP contribution in [0.3, 0.4) is 0 Å². The third-order valence-electron chi connectivity index (χ3n) is 7.41. The van der Waals surface area contributed by atoms with E-state index in [4.69, 9.17) is 5.73 Å². The Kier molecular flexibility index (Phi) is 12.2. The van der Waals surface area contributed by atoms with Crippen molar-refractivity contribution in [3.63, 3.8) is 0 Å². The molecule has 12 nitrogen and oxygen atoms in total. The second-order valence-corrected chi connectivity index (χ2v) is 11.8. The van der Waals surface area contributed by atoms with Gasteiger partial charge in [0.15, 0.2) is 0 Å². The Labute approximate surface area is 297 Å². The highest BCUT2D eigenvalue weighted by atomic mass is 35.5. The molecular formula is C38H35ClN6O6. The third kappa shape index (κ3) is 9.77. The number of aryl methyl sites for hydroxylation is 2. The Morgan fingerprint density at radius 2 is 1.06 bits per heavy atom. The van der Waals surface area contributed by atoms with Crippen molar-refractivity contribution in [3.05, 3.63) is 140 Å². The summed E-state index contributed by atoms with van der Waals surface area (Å²) in [7, 11) is 0. The first-order chi connectivity index (χ1) is 24.2. The standard InChI is InChI=1S/C19H17N3O3.C17H15N3O2.C2H3ClO/c1-11-7-8-13(9-17(11)21-12(2)23)22-19(25)15-10-20-16-6-4-3-5-14(16)18(15)24;1-10-6-7-11(8-14(10)18)20-17(22)13-9-19-15-5-3-2-4-12(15)16(13)21;1-2(3)4/h3-10H,1-2H3,(H,20,24)(H,21,23)(H,22,25);2-9H,18H2,1H3,(H,19,21)(H,20,22);1H3. The molecule has 7 N–H and O–H groups in total. The van der Waals surface area contributed by atoms with Crippen LogP contribution in [-0.4, -0.2) is 32.9 Å². The number of halogens is 1. The topological polar surface area (TPSA) is 196 Å². The van der Waals surface area contributed by atoms with Crippen molar-refractivity contribution in [1.82, 2.24) is 9.97 Å². The summed E-state index contributed by atoms with van der Waals surface area (Å²) in [5.74, 6) is -1.17. The van der Waals surface area contributed by atoms with Gasteiger partial charge in [0, 0.05) is 70.8 Å². The smallest absolute Gasteiger partial charge is 0.261 e. The van der Waals surface area contributed by atoms with Crippen LogP contribution < -0.4 is 32.5 Å². The Hall–Kier alpha value is -6.53. The van der Waals surface area contributed by atoms with Crippen LogP contribution in [0.5, 0.6) is 0 Å². The highest BCUT2D eigenvalue weighted by Gasteiger charge is 2.15. The number of aromatic amines is 2. The van der Waals surface area contributed by atoms with Crippen molar-refractivity contribution in [2.75, 3.05) is 21.7 Å². The number of fused-ring (bicyclic) bond motifs is 2. The van der Waals surface area contributed by atoms with E-state index in [1.165, 1.54) is 26.2 Å². The van der Waals surface area contributed by atoms with Gasteiger partial charge in [0.25, 0.3) is 11.8 Å². The van der Waals surface area contributed by atoms with Gasteiger partial charge in [-0.3, -0.25) is 28.8 Å². The van der Waals surface area contributed by atoms with Crippen molar-refractivity contribution in [2.24, 2.45) is 0 Å². The molecule has 0 atom stereocenters. The van der Waals surface area contributed by atoms with Crippen molar-refractivity contribution in [3.8, 4) is 0 Å². The largest absolute Gasteiger partial charge is 0.398 e. The molecule has 0 saturated heterocycles. The molecule has 2 aromatic heterocycles. The van der Waals surface area contributed by atoms with Gasteiger partial charge in [0.05, 0.1) is 0 Å². The summed E-state index contributed by atoms with van der Waals surface area (Å²) in [5, 5.41) is 8.67. The predicted octanol–water partition coefficient (Wildman–Crippen LogP) is 6.49. The zero-order valence-corrected chi connectivity index (χ0v) is 28.9. The van der Waals surface area contributed by atoms with Crippen molar-refractivity contribution in [2.45, 2.75) is 27.7 Å². The lowest BCUT2D eigenvalue weighted by Gasteiger charge is -2.10. The number of aromatic nitrogens is 2. The quantitative estimate of drug-likeness (QED) is 0.0870. The van der Waals surface area contributed by atoms with E-state index >= 15 is 0 Å². The van der Waals surface area contributed by atoms with Crippen LogP contribution in [0.4, 0.5) is 22.7 Å². The molecule has 0 aliphatic rings. The second kappa shape index (κ2) is 16.7. The molecule has 0 unspecified atom stereocenters. The average molecular weight is 707 g/mol. The predicted molar refractivity (Wildman–Crippen MR) is 203 cm³/mol. The Balaban J connectivity index is 0.000000208. The lowest BCUT2D eigenvalue weighted by Crippen LogP contribution is -2.22. The Morgan fingerprint density at radius 1 is 0.627 bits per heavy atom. The first-order valence-corrected chi connectivity index (χ1v) is 15.9. The number of nitrogens with one attached hydrogen (secondary N) is 5. The van der Waals surface area contributed by atoms with Gasteiger partial charge < -0.3 is 31.7 Å². The molecule has 6 aromatic rings. The zero-order chi connectivity index (χ0) is 37.2. The number of carbonyl (C=O) groups excluding carboxylic acids is 4. The van der Waals surface area contributed by atoms with E-state index in [0.29, 0.717) is 44.6 Å². The van der Waals surface area contributed by atoms with E-state index in [9.17, 15) is 28.8 Å². The number of H-pyrrole nitrogens is 2. The van der Waals surface area contributed by atoms with Gasteiger partial charge in [-0.1, -0.05) is 36.4 Å². The van der Waals surface area contributed by atoms with E-state index in [1.54, 1.807) is 66.7 Å². The van der Waals surface area contributed by atoms with E-state index in [1.807, 2.05) is 32.0 Å². The summed E-state index contributed by atoms with van der Waals surface area (Å²) in [6, 6.07) is 24.5. The van der Waals surface area contributed by atoms with Gasteiger partial charge >= 0.3 is 0 Å². The van der Waals surface area contributed by atoms with Crippen molar-refractivity contribution >= 4 is 79.1 Å². The molecule has 4 aromatic carbocycles. The molecule has 0 spiro atoms. The normalized spacial score (nSPS) is 10.2. The first kappa shape index (κ1) is 37.3. The SMILES string of the molecule is CC(=O)Cl.CC(=O)Nc1cc(NC(=O)c2c[nH]c3ccccc3c2=O)ccc1C.Cc1ccc(NC(=O)c2c[nH]c3ccccc3c2=O)cc1N. The Morgan fingerprint density at radius 3 is 1.51 bits per heavy atom. The second-order valence-electron chi connectivity index (χ2n) is 11.3. The van der Waals surface area contributed by atoms with Crippen LogP contribution >= 0.6 is 11.6 Å². The number of hydrogen-bond donors (Lipinski definition) is 6. The minimum atomic E-state index is -0.510. The van der Waals surface area contributed by atoms with E-state index in [0.717, 1.165) is 11.1 Å². The monoisotopic (exact) mass is 706 g/mol. The van der Waals surface area contributed by atoms with E-state index in [-0.39, 0.29) is 33.1 Å². The molecule has 0 aliphatic heterocycles. The number of benzene rings is 4. The molecule has 3 amide bonds. The van der Waals surface area contributed by atoms with Gasteiger partial charge in [-0.2, -0.15) is 0 Å². The minimum absolute atomic E-state index is 0.0281. The summed E-state index contributed by atoms with van der Waals surface area (Å²) in [6.07, 6.45) is 2.83. The molecule has 0 aliphatic carbocycles. The maximum atomic E-state index is 12.5. The summed E-state index contributed by atoms with van der Waals surface area (Å²) < 4.78 is 0. The van der Waals surface area contributed by atoms with Crippen LogP contribution in [0, 0.1) is 13.8 Å². The molecular weight excluding hydrogens is 672 g/mol. The van der Waals surface area contributed by atoms with Crippen LogP contribution in [0.2, 0.25) is 0 Å². The summed E-state index contributed by atoms with van der Waals surface area (Å²) in [6.45, 7) is 6.45. The maximum absolute atomic E-state index is 12.5.